The zero-order valence-electron chi connectivity index (χ0n) is 9.02. The Morgan fingerprint density at radius 1 is 1.25 bits per heavy atom. The van der Waals surface area contributed by atoms with Gasteiger partial charge in [0.2, 0.25) is 5.12 Å². The predicted molar refractivity (Wildman–Crippen MR) is 65.6 cm³/mol. The van der Waals surface area contributed by atoms with E-state index in [0.29, 0.717) is 18.6 Å². The standard InChI is InChI=1S/C13H14O2S/c14-11-7-4-8-12(9-11)16-13(15)10-5-2-1-3-6-10/h1-3,5-6,12H,4,7-9H2. The van der Waals surface area contributed by atoms with Crippen LogP contribution in [0.3, 0.4) is 0 Å². The van der Waals surface area contributed by atoms with Crippen molar-refractivity contribution >= 4 is 22.7 Å². The molecule has 3 heteroatoms. The summed E-state index contributed by atoms with van der Waals surface area (Å²) in [5, 5.41) is 0.272. The van der Waals surface area contributed by atoms with E-state index in [2.05, 4.69) is 0 Å². The molecule has 2 rings (SSSR count). The fourth-order valence-corrected chi connectivity index (χ4v) is 3.01. The van der Waals surface area contributed by atoms with Crippen molar-refractivity contribution < 1.29 is 9.59 Å². The second kappa shape index (κ2) is 5.30. The molecule has 0 amide bonds. The van der Waals surface area contributed by atoms with Crippen LogP contribution in [0.2, 0.25) is 0 Å². The smallest absolute Gasteiger partial charge is 0.219 e. The Labute approximate surface area is 99.4 Å². The van der Waals surface area contributed by atoms with Gasteiger partial charge in [0.25, 0.3) is 0 Å². The van der Waals surface area contributed by atoms with Crippen LogP contribution in [-0.4, -0.2) is 16.1 Å². The van der Waals surface area contributed by atoms with Gasteiger partial charge in [-0.25, -0.2) is 0 Å². The Kier molecular flexibility index (Phi) is 3.78. The third-order valence-corrected chi connectivity index (χ3v) is 3.91. The lowest BCUT2D eigenvalue weighted by Gasteiger charge is -2.19. The van der Waals surface area contributed by atoms with E-state index in [1.807, 2.05) is 30.3 Å². The lowest BCUT2D eigenvalue weighted by molar-refractivity contribution is -0.120. The topological polar surface area (TPSA) is 34.1 Å². The second-order valence-corrected chi connectivity index (χ2v) is 5.30. The van der Waals surface area contributed by atoms with Gasteiger partial charge < -0.3 is 0 Å². The first-order valence-electron chi connectivity index (χ1n) is 5.53. The number of benzene rings is 1. The summed E-state index contributed by atoms with van der Waals surface area (Å²) in [5.74, 6) is 0.296. The predicted octanol–water partition coefficient (Wildman–Crippen LogP) is 3.07. The average Bonchev–Trinajstić information content (AvgIpc) is 2.30. The summed E-state index contributed by atoms with van der Waals surface area (Å²) < 4.78 is 0. The van der Waals surface area contributed by atoms with Crippen molar-refractivity contribution in [3.8, 4) is 0 Å². The van der Waals surface area contributed by atoms with E-state index in [1.54, 1.807) is 0 Å². The normalized spacial score (nSPS) is 20.8. The monoisotopic (exact) mass is 234 g/mol. The van der Waals surface area contributed by atoms with Crippen LogP contribution >= 0.6 is 11.8 Å². The van der Waals surface area contributed by atoms with Crippen molar-refractivity contribution in [1.29, 1.82) is 0 Å². The minimum atomic E-state index is 0.0836. The van der Waals surface area contributed by atoms with Crippen LogP contribution < -0.4 is 0 Å². The van der Waals surface area contributed by atoms with E-state index in [1.165, 1.54) is 11.8 Å². The Balaban J connectivity index is 1.95. The van der Waals surface area contributed by atoms with Crippen LogP contribution in [0.4, 0.5) is 0 Å². The molecule has 1 aliphatic rings. The summed E-state index contributed by atoms with van der Waals surface area (Å²) in [6, 6.07) is 9.26. The molecule has 0 saturated heterocycles. The molecular weight excluding hydrogens is 220 g/mol. The first-order chi connectivity index (χ1) is 7.75. The van der Waals surface area contributed by atoms with E-state index >= 15 is 0 Å². The van der Waals surface area contributed by atoms with Gasteiger partial charge in [-0.05, 0) is 12.8 Å². The largest absolute Gasteiger partial charge is 0.300 e. The van der Waals surface area contributed by atoms with E-state index in [-0.39, 0.29) is 10.4 Å². The van der Waals surface area contributed by atoms with Gasteiger partial charge in [0.15, 0.2) is 0 Å². The fourth-order valence-electron chi connectivity index (χ4n) is 1.88. The van der Waals surface area contributed by atoms with Crippen LogP contribution in [-0.2, 0) is 4.79 Å². The van der Waals surface area contributed by atoms with Crippen molar-refractivity contribution in [3.63, 3.8) is 0 Å². The van der Waals surface area contributed by atoms with Crippen LogP contribution in [0.5, 0.6) is 0 Å². The maximum Gasteiger partial charge on any atom is 0.219 e. The summed E-state index contributed by atoms with van der Waals surface area (Å²) in [6.07, 6.45) is 3.16. The molecule has 1 atom stereocenters. The Morgan fingerprint density at radius 3 is 2.69 bits per heavy atom. The molecule has 1 saturated carbocycles. The van der Waals surface area contributed by atoms with E-state index in [0.717, 1.165) is 18.4 Å². The van der Waals surface area contributed by atoms with E-state index < -0.39 is 0 Å². The van der Waals surface area contributed by atoms with Gasteiger partial charge in [-0.2, -0.15) is 0 Å². The van der Waals surface area contributed by atoms with Crippen molar-refractivity contribution in [2.45, 2.75) is 30.9 Å². The average molecular weight is 234 g/mol. The molecule has 2 nitrogen and oxygen atoms in total. The van der Waals surface area contributed by atoms with E-state index in [9.17, 15) is 9.59 Å². The van der Waals surface area contributed by atoms with Gasteiger partial charge in [-0.3, -0.25) is 9.59 Å². The molecule has 0 radical (unpaired) electrons. The quantitative estimate of drug-likeness (QED) is 0.788. The molecule has 0 aromatic heterocycles. The van der Waals surface area contributed by atoms with Gasteiger partial charge in [-0.15, -0.1) is 0 Å². The summed E-state index contributed by atoms with van der Waals surface area (Å²) >= 11 is 1.32. The molecule has 1 aromatic carbocycles. The number of Topliss-reactive ketones (excluding diaryl/α,β-unsaturated/α-hetero) is 1. The van der Waals surface area contributed by atoms with Gasteiger partial charge in [-0.1, -0.05) is 42.1 Å². The molecule has 1 aromatic rings. The molecule has 1 fully saturated rings. The third kappa shape index (κ3) is 2.95. The van der Waals surface area contributed by atoms with Crippen LogP contribution in [0.1, 0.15) is 36.0 Å². The van der Waals surface area contributed by atoms with Gasteiger partial charge >= 0.3 is 0 Å². The molecular formula is C13H14O2S. The highest BCUT2D eigenvalue weighted by molar-refractivity contribution is 8.14. The number of hydrogen-bond acceptors (Lipinski definition) is 3. The highest BCUT2D eigenvalue weighted by Crippen LogP contribution is 2.28. The first-order valence-corrected chi connectivity index (χ1v) is 6.41. The summed E-state index contributed by atoms with van der Waals surface area (Å²) in [5.41, 5.74) is 0.727. The summed E-state index contributed by atoms with van der Waals surface area (Å²) in [4.78, 5) is 23.1. The Hall–Kier alpha value is -1.09. The second-order valence-electron chi connectivity index (χ2n) is 4.03. The molecule has 0 bridgehead atoms. The molecule has 0 spiro atoms. The minimum absolute atomic E-state index is 0.0836. The van der Waals surface area contributed by atoms with E-state index in [4.69, 9.17) is 0 Å². The molecule has 84 valence electrons. The third-order valence-electron chi connectivity index (χ3n) is 2.72. The number of hydrogen-bond donors (Lipinski definition) is 0. The van der Waals surface area contributed by atoms with Crippen molar-refractivity contribution in [3.05, 3.63) is 35.9 Å². The maximum absolute atomic E-state index is 11.9. The van der Waals surface area contributed by atoms with Crippen molar-refractivity contribution in [2.75, 3.05) is 0 Å². The van der Waals surface area contributed by atoms with Crippen molar-refractivity contribution in [1.82, 2.24) is 0 Å². The zero-order chi connectivity index (χ0) is 11.4. The van der Waals surface area contributed by atoms with Gasteiger partial charge in [0.1, 0.15) is 5.78 Å². The molecule has 16 heavy (non-hydrogen) atoms. The fraction of sp³-hybridized carbons (Fsp3) is 0.385. The Morgan fingerprint density at radius 2 is 2.00 bits per heavy atom. The molecule has 0 N–H and O–H groups in total. The number of thioether (sulfide) groups is 1. The van der Waals surface area contributed by atoms with Gasteiger partial charge in [0, 0.05) is 23.7 Å². The first kappa shape index (κ1) is 11.4. The van der Waals surface area contributed by atoms with Crippen LogP contribution in [0.15, 0.2) is 30.3 Å². The van der Waals surface area contributed by atoms with Crippen LogP contribution in [0.25, 0.3) is 0 Å². The van der Waals surface area contributed by atoms with Crippen molar-refractivity contribution in [2.24, 2.45) is 0 Å². The summed E-state index contributed by atoms with van der Waals surface area (Å²) in [6.45, 7) is 0. The zero-order valence-corrected chi connectivity index (χ0v) is 9.83. The number of carbonyl (C=O) groups is 2. The van der Waals surface area contributed by atoms with Gasteiger partial charge in [0.05, 0.1) is 0 Å². The maximum atomic E-state index is 11.9. The van der Waals surface area contributed by atoms with Crippen LogP contribution in [0, 0.1) is 0 Å². The number of carbonyl (C=O) groups excluding carboxylic acids is 2. The molecule has 0 aliphatic heterocycles. The highest BCUT2D eigenvalue weighted by atomic mass is 32.2. The lowest BCUT2D eigenvalue weighted by Crippen LogP contribution is -2.18. The Bertz CT molecular complexity index is 386. The molecule has 0 heterocycles. The highest BCUT2D eigenvalue weighted by Gasteiger charge is 2.22. The number of rotatable bonds is 2. The summed E-state index contributed by atoms with van der Waals surface area (Å²) in [7, 11) is 0. The molecule has 1 unspecified atom stereocenters. The minimum Gasteiger partial charge on any atom is -0.300 e. The lowest BCUT2D eigenvalue weighted by atomic mass is 9.99. The molecule has 1 aliphatic carbocycles. The SMILES string of the molecule is O=C1CCCC(SC(=O)c2ccccc2)C1. The number of ketones is 1.